The van der Waals surface area contributed by atoms with E-state index in [2.05, 4.69) is 11.4 Å². The first-order valence-corrected chi connectivity index (χ1v) is 14.9. The first-order chi connectivity index (χ1) is 18.1. The maximum Gasteiger partial charge on any atom is 0.244 e. The van der Waals surface area contributed by atoms with Crippen LogP contribution in [0.3, 0.4) is 0 Å². The average molecular weight is 549 g/mol. The van der Waals surface area contributed by atoms with Crippen LogP contribution in [0.4, 0.5) is 0 Å². The van der Waals surface area contributed by atoms with Gasteiger partial charge in [-0.25, -0.2) is 8.42 Å². The van der Waals surface area contributed by atoms with Crippen LogP contribution in [0, 0.1) is 0 Å². The van der Waals surface area contributed by atoms with Crippen molar-refractivity contribution in [1.82, 2.24) is 9.21 Å². The second kappa shape index (κ2) is 10.2. The predicted molar refractivity (Wildman–Crippen MR) is 152 cm³/mol. The second-order valence-electron chi connectivity index (χ2n) is 10.5. The number of benzene rings is 3. The van der Waals surface area contributed by atoms with Gasteiger partial charge in [0.15, 0.2) is 0 Å². The molecule has 0 radical (unpaired) electrons. The molecule has 0 N–H and O–H groups in total. The van der Waals surface area contributed by atoms with Crippen molar-refractivity contribution in [1.29, 1.82) is 0 Å². The lowest BCUT2D eigenvalue weighted by atomic mass is 9.93. The normalized spacial score (nSPS) is 16.0. The molecule has 38 heavy (non-hydrogen) atoms. The Morgan fingerprint density at radius 1 is 1.03 bits per heavy atom. The second-order valence-corrected chi connectivity index (χ2v) is 13.4. The molecule has 1 unspecified atom stereocenters. The fraction of sp³-hybridized carbons (Fsp3) is 0.300. The van der Waals surface area contributed by atoms with Gasteiger partial charge in [0.2, 0.25) is 15.9 Å². The van der Waals surface area contributed by atoms with Gasteiger partial charge < -0.3 is 9.64 Å². The summed E-state index contributed by atoms with van der Waals surface area (Å²) >= 11 is 1.70. The third-order valence-corrected chi connectivity index (χ3v) is 10.2. The summed E-state index contributed by atoms with van der Waals surface area (Å²) in [6.07, 6.45) is 0.748. The molecule has 6 nitrogen and oxygen atoms in total. The van der Waals surface area contributed by atoms with E-state index in [9.17, 15) is 13.2 Å². The van der Waals surface area contributed by atoms with E-state index < -0.39 is 15.6 Å². The maximum absolute atomic E-state index is 14.0. The molecule has 0 fully saturated rings. The summed E-state index contributed by atoms with van der Waals surface area (Å²) in [6.45, 7) is 5.76. The van der Waals surface area contributed by atoms with Crippen molar-refractivity contribution < 1.29 is 17.9 Å². The minimum absolute atomic E-state index is 0.185. The van der Waals surface area contributed by atoms with E-state index in [0.717, 1.165) is 34.1 Å². The van der Waals surface area contributed by atoms with Gasteiger partial charge in [0.25, 0.3) is 0 Å². The number of thiophene rings is 1. The lowest BCUT2D eigenvalue weighted by Gasteiger charge is -2.40. The van der Waals surface area contributed by atoms with Crippen molar-refractivity contribution in [3.05, 3.63) is 94.2 Å². The number of hydrogen-bond acceptors (Lipinski definition) is 5. The van der Waals surface area contributed by atoms with Crippen molar-refractivity contribution in [2.24, 2.45) is 0 Å². The van der Waals surface area contributed by atoms with Crippen LogP contribution in [0.1, 0.15) is 42.8 Å². The highest BCUT2D eigenvalue weighted by atomic mass is 32.2. The van der Waals surface area contributed by atoms with Crippen LogP contribution in [0.15, 0.2) is 83.1 Å². The number of rotatable bonds is 6. The first-order valence-electron chi connectivity index (χ1n) is 12.6. The molecule has 1 atom stereocenters. The summed E-state index contributed by atoms with van der Waals surface area (Å²) in [5.41, 5.74) is 1.26. The summed E-state index contributed by atoms with van der Waals surface area (Å²) in [7, 11) is -2.33. The zero-order valence-corrected chi connectivity index (χ0v) is 23.7. The van der Waals surface area contributed by atoms with Crippen LogP contribution in [-0.4, -0.2) is 49.3 Å². The van der Waals surface area contributed by atoms with Gasteiger partial charge in [-0.2, -0.15) is 4.31 Å². The molecule has 0 bridgehead atoms. The third-order valence-electron chi connectivity index (χ3n) is 7.05. The van der Waals surface area contributed by atoms with Crippen LogP contribution in [-0.2, 0) is 21.2 Å². The Labute approximate surface area is 228 Å². The summed E-state index contributed by atoms with van der Waals surface area (Å²) in [6, 6.07) is 22.3. The minimum Gasteiger partial charge on any atom is -0.497 e. The fourth-order valence-corrected chi connectivity index (χ4v) is 7.76. The van der Waals surface area contributed by atoms with Crippen LogP contribution < -0.4 is 4.74 Å². The van der Waals surface area contributed by atoms with Gasteiger partial charge in [-0.1, -0.05) is 42.5 Å². The van der Waals surface area contributed by atoms with Gasteiger partial charge in [-0.05, 0) is 84.8 Å². The molecular weight excluding hydrogens is 516 g/mol. The summed E-state index contributed by atoms with van der Waals surface area (Å²) in [5.74, 6) is 0.523. The minimum atomic E-state index is -3.95. The van der Waals surface area contributed by atoms with Gasteiger partial charge in [0.05, 0.1) is 24.6 Å². The van der Waals surface area contributed by atoms with Gasteiger partial charge in [0, 0.05) is 17.0 Å². The highest BCUT2D eigenvalue weighted by Crippen LogP contribution is 2.39. The quantitative estimate of drug-likeness (QED) is 0.302. The molecular formula is C30H32N2O4S2. The molecule has 0 saturated heterocycles. The van der Waals surface area contributed by atoms with E-state index in [1.165, 1.54) is 9.18 Å². The molecule has 0 spiro atoms. The number of ether oxygens (including phenoxy) is 1. The molecule has 198 valence electrons. The SMILES string of the molecule is COc1ccc(C2c3ccsc3CCN2C(=O)CN(C(C)(C)C)S(=O)(=O)c2ccc3ccccc3c2)cc1. The number of hydrogen-bond donors (Lipinski definition) is 0. The molecule has 1 aromatic heterocycles. The van der Waals surface area contributed by atoms with Crippen molar-refractivity contribution in [2.75, 3.05) is 20.2 Å². The van der Waals surface area contributed by atoms with E-state index >= 15 is 0 Å². The topological polar surface area (TPSA) is 66.9 Å². The zero-order chi connectivity index (χ0) is 27.1. The molecule has 0 aliphatic carbocycles. The fourth-order valence-electron chi connectivity index (χ4n) is 5.08. The van der Waals surface area contributed by atoms with Crippen LogP contribution >= 0.6 is 11.3 Å². The molecule has 1 amide bonds. The number of fused-ring (bicyclic) bond motifs is 2. The number of carbonyl (C=O) groups is 1. The Balaban J connectivity index is 1.50. The Kier molecular flexibility index (Phi) is 7.07. The monoisotopic (exact) mass is 548 g/mol. The number of sulfonamides is 1. The molecule has 4 aromatic rings. The third kappa shape index (κ3) is 4.96. The number of nitrogens with zero attached hydrogens (tertiary/aromatic N) is 2. The van der Waals surface area contributed by atoms with Gasteiger partial charge in [-0.15, -0.1) is 11.3 Å². The molecule has 0 saturated carbocycles. The van der Waals surface area contributed by atoms with Gasteiger partial charge in [-0.3, -0.25) is 4.79 Å². The van der Waals surface area contributed by atoms with Crippen molar-refractivity contribution in [3.8, 4) is 5.75 Å². The number of methoxy groups -OCH3 is 1. The highest BCUT2D eigenvalue weighted by molar-refractivity contribution is 7.89. The van der Waals surface area contributed by atoms with Gasteiger partial charge in [0.1, 0.15) is 5.75 Å². The van der Waals surface area contributed by atoms with Crippen LogP contribution in [0.5, 0.6) is 5.75 Å². The first kappa shape index (κ1) is 26.4. The Morgan fingerprint density at radius 3 is 2.42 bits per heavy atom. The van der Waals surface area contributed by atoms with E-state index in [4.69, 9.17) is 4.74 Å². The van der Waals surface area contributed by atoms with E-state index in [1.54, 1.807) is 30.6 Å². The van der Waals surface area contributed by atoms with E-state index in [-0.39, 0.29) is 23.4 Å². The average Bonchev–Trinajstić information content (AvgIpc) is 3.39. The zero-order valence-electron chi connectivity index (χ0n) is 22.0. The Bertz CT molecular complexity index is 1570. The molecule has 3 aromatic carbocycles. The van der Waals surface area contributed by atoms with Crippen LogP contribution in [0.2, 0.25) is 0 Å². The van der Waals surface area contributed by atoms with Crippen LogP contribution in [0.25, 0.3) is 10.8 Å². The summed E-state index contributed by atoms with van der Waals surface area (Å²) in [5, 5.41) is 3.86. The van der Waals surface area contributed by atoms with Crippen molar-refractivity contribution >= 4 is 38.0 Å². The molecule has 1 aliphatic rings. The predicted octanol–water partition coefficient (Wildman–Crippen LogP) is 5.87. The molecule has 2 heterocycles. The molecule has 1 aliphatic heterocycles. The van der Waals surface area contributed by atoms with E-state index in [1.807, 2.05) is 80.3 Å². The molecule has 8 heteroatoms. The van der Waals surface area contributed by atoms with Crippen molar-refractivity contribution in [2.45, 2.75) is 43.7 Å². The molecule has 5 rings (SSSR count). The number of carbonyl (C=O) groups excluding carboxylic acids is 1. The Morgan fingerprint density at radius 2 is 1.74 bits per heavy atom. The van der Waals surface area contributed by atoms with Crippen molar-refractivity contribution in [3.63, 3.8) is 0 Å². The van der Waals surface area contributed by atoms with Gasteiger partial charge >= 0.3 is 0 Å². The largest absolute Gasteiger partial charge is 0.497 e. The smallest absolute Gasteiger partial charge is 0.244 e. The summed E-state index contributed by atoms with van der Waals surface area (Å²) < 4.78 is 34.6. The standard InChI is InChI=1S/C30H32N2O4S2/c1-30(2,3)32(38(34,35)25-14-11-21-7-5-6-8-23(21)19-25)20-28(33)31-17-15-27-26(16-18-37-27)29(31)22-9-12-24(36-4)13-10-22/h5-14,16,18-19,29H,15,17,20H2,1-4H3. The highest BCUT2D eigenvalue weighted by Gasteiger charge is 2.39. The summed E-state index contributed by atoms with van der Waals surface area (Å²) in [4.78, 5) is 17.2. The lowest BCUT2D eigenvalue weighted by Crippen LogP contribution is -2.52. The Hall–Kier alpha value is -3.20. The maximum atomic E-state index is 14.0. The number of amides is 1. The lowest BCUT2D eigenvalue weighted by molar-refractivity contribution is -0.134. The van der Waals surface area contributed by atoms with E-state index in [0.29, 0.717) is 6.54 Å².